The third kappa shape index (κ3) is 2.91. The maximum atomic E-state index is 11.3. The lowest BCUT2D eigenvalue weighted by molar-refractivity contribution is -0.128. The van der Waals surface area contributed by atoms with Gasteiger partial charge in [-0.25, -0.2) is 0 Å². The lowest BCUT2D eigenvalue weighted by atomic mass is 10.1. The Hall–Kier alpha value is -0.410. The van der Waals surface area contributed by atoms with Gasteiger partial charge in [0, 0.05) is 26.7 Å². The molecule has 0 radical (unpaired) electrons. The van der Waals surface area contributed by atoms with Gasteiger partial charge in [-0.2, -0.15) is 0 Å². The molecule has 1 saturated heterocycles. The quantitative estimate of drug-likeness (QED) is 0.584. The van der Waals surface area contributed by atoms with Gasteiger partial charge in [0.05, 0.1) is 0 Å². The van der Waals surface area contributed by atoms with Gasteiger partial charge < -0.3 is 9.47 Å². The SMILES string of the molecule is COCCCC(=O)C1CCCO1. The predicted octanol–water partition coefficient (Wildman–Crippen LogP) is 1.16. The lowest BCUT2D eigenvalue weighted by Crippen LogP contribution is -2.19. The molecule has 1 atom stereocenters. The molecule has 1 heterocycles. The van der Waals surface area contributed by atoms with Gasteiger partial charge in [0.2, 0.25) is 0 Å². The number of ether oxygens (including phenoxy) is 2. The first kappa shape index (κ1) is 9.68. The Morgan fingerprint density at radius 2 is 2.50 bits per heavy atom. The van der Waals surface area contributed by atoms with E-state index in [2.05, 4.69) is 0 Å². The van der Waals surface area contributed by atoms with Crippen molar-refractivity contribution in [2.24, 2.45) is 0 Å². The van der Waals surface area contributed by atoms with Crippen LogP contribution in [0.4, 0.5) is 0 Å². The van der Waals surface area contributed by atoms with Crippen LogP contribution in [0.25, 0.3) is 0 Å². The summed E-state index contributed by atoms with van der Waals surface area (Å²) in [5.74, 6) is 0.240. The Kier molecular flexibility index (Phi) is 4.25. The molecule has 0 N–H and O–H groups in total. The molecule has 3 heteroatoms. The summed E-state index contributed by atoms with van der Waals surface area (Å²) >= 11 is 0. The lowest BCUT2D eigenvalue weighted by Gasteiger charge is -2.06. The second-order valence-corrected chi connectivity index (χ2v) is 3.06. The highest BCUT2D eigenvalue weighted by Gasteiger charge is 2.22. The van der Waals surface area contributed by atoms with Crippen molar-refractivity contribution in [1.29, 1.82) is 0 Å². The predicted molar refractivity (Wildman–Crippen MR) is 45.1 cm³/mol. The fourth-order valence-electron chi connectivity index (χ4n) is 1.38. The molecule has 0 aromatic rings. The van der Waals surface area contributed by atoms with E-state index in [1.54, 1.807) is 7.11 Å². The van der Waals surface area contributed by atoms with Crippen LogP contribution in [0.5, 0.6) is 0 Å². The molecule has 0 aromatic heterocycles. The second kappa shape index (κ2) is 5.27. The zero-order valence-electron chi connectivity index (χ0n) is 7.54. The first-order valence-electron chi connectivity index (χ1n) is 4.48. The van der Waals surface area contributed by atoms with Crippen LogP contribution in [0.15, 0.2) is 0 Å². The van der Waals surface area contributed by atoms with Crippen LogP contribution < -0.4 is 0 Å². The highest BCUT2D eigenvalue weighted by molar-refractivity contribution is 5.83. The van der Waals surface area contributed by atoms with Crippen molar-refractivity contribution in [2.45, 2.75) is 31.8 Å². The number of carbonyl (C=O) groups excluding carboxylic acids is 1. The van der Waals surface area contributed by atoms with Crippen LogP contribution in [-0.2, 0) is 14.3 Å². The molecular weight excluding hydrogens is 156 g/mol. The Balaban J connectivity index is 2.10. The van der Waals surface area contributed by atoms with E-state index in [1.165, 1.54) is 0 Å². The van der Waals surface area contributed by atoms with Crippen LogP contribution in [0.1, 0.15) is 25.7 Å². The molecule has 0 aliphatic carbocycles. The minimum absolute atomic E-state index is 0.109. The van der Waals surface area contributed by atoms with Crippen molar-refractivity contribution in [1.82, 2.24) is 0 Å². The first-order valence-corrected chi connectivity index (χ1v) is 4.48. The van der Waals surface area contributed by atoms with Crippen molar-refractivity contribution in [3.05, 3.63) is 0 Å². The van der Waals surface area contributed by atoms with E-state index in [1.807, 2.05) is 0 Å². The molecule has 3 nitrogen and oxygen atoms in total. The van der Waals surface area contributed by atoms with E-state index in [-0.39, 0.29) is 11.9 Å². The molecule has 12 heavy (non-hydrogen) atoms. The normalized spacial score (nSPS) is 22.9. The summed E-state index contributed by atoms with van der Waals surface area (Å²) in [5.41, 5.74) is 0. The largest absolute Gasteiger partial charge is 0.385 e. The van der Waals surface area contributed by atoms with Gasteiger partial charge in [-0.1, -0.05) is 0 Å². The highest BCUT2D eigenvalue weighted by atomic mass is 16.5. The summed E-state index contributed by atoms with van der Waals surface area (Å²) in [6, 6.07) is 0. The minimum Gasteiger partial charge on any atom is -0.385 e. The maximum Gasteiger partial charge on any atom is 0.161 e. The first-order chi connectivity index (χ1) is 5.84. The molecule has 0 saturated carbocycles. The van der Waals surface area contributed by atoms with Crippen LogP contribution in [0.3, 0.4) is 0 Å². The molecular formula is C9H16O3. The summed E-state index contributed by atoms with van der Waals surface area (Å²) in [4.78, 5) is 11.3. The van der Waals surface area contributed by atoms with Crippen LogP contribution in [-0.4, -0.2) is 32.2 Å². The third-order valence-electron chi connectivity index (χ3n) is 2.06. The Morgan fingerprint density at radius 1 is 1.67 bits per heavy atom. The number of carbonyl (C=O) groups is 1. The zero-order chi connectivity index (χ0) is 8.81. The van der Waals surface area contributed by atoms with E-state index in [0.717, 1.165) is 25.9 Å². The van der Waals surface area contributed by atoms with Gasteiger partial charge in [-0.05, 0) is 19.3 Å². The molecule has 0 amide bonds. The fraction of sp³-hybridized carbons (Fsp3) is 0.889. The van der Waals surface area contributed by atoms with E-state index in [9.17, 15) is 4.79 Å². The topological polar surface area (TPSA) is 35.5 Å². The molecule has 1 unspecified atom stereocenters. The monoisotopic (exact) mass is 172 g/mol. The number of rotatable bonds is 5. The van der Waals surface area contributed by atoms with Crippen molar-refractivity contribution < 1.29 is 14.3 Å². The Morgan fingerprint density at radius 3 is 3.08 bits per heavy atom. The van der Waals surface area contributed by atoms with E-state index >= 15 is 0 Å². The molecule has 0 spiro atoms. The van der Waals surface area contributed by atoms with Crippen molar-refractivity contribution in [2.75, 3.05) is 20.3 Å². The summed E-state index contributed by atoms with van der Waals surface area (Å²) in [6.45, 7) is 1.42. The molecule has 0 bridgehead atoms. The number of hydrogen-bond acceptors (Lipinski definition) is 3. The number of ketones is 1. The summed E-state index contributed by atoms with van der Waals surface area (Å²) < 4.78 is 10.1. The zero-order valence-corrected chi connectivity index (χ0v) is 7.54. The van der Waals surface area contributed by atoms with E-state index < -0.39 is 0 Å². The molecule has 1 rings (SSSR count). The minimum atomic E-state index is -0.109. The van der Waals surface area contributed by atoms with Gasteiger partial charge >= 0.3 is 0 Å². The number of Topliss-reactive ketones (excluding diaryl/α,β-unsaturated/α-hetero) is 1. The third-order valence-corrected chi connectivity index (χ3v) is 2.06. The van der Waals surface area contributed by atoms with Gasteiger partial charge in [0.1, 0.15) is 6.10 Å². The van der Waals surface area contributed by atoms with Crippen molar-refractivity contribution >= 4 is 5.78 Å². The average molecular weight is 172 g/mol. The number of hydrogen-bond donors (Lipinski definition) is 0. The number of methoxy groups -OCH3 is 1. The molecule has 1 aliphatic rings. The van der Waals surface area contributed by atoms with E-state index in [4.69, 9.17) is 9.47 Å². The van der Waals surface area contributed by atoms with Gasteiger partial charge in [0.15, 0.2) is 5.78 Å². The molecule has 1 fully saturated rings. The molecule has 1 aliphatic heterocycles. The average Bonchev–Trinajstić information content (AvgIpc) is 2.56. The molecule has 70 valence electrons. The smallest absolute Gasteiger partial charge is 0.161 e. The Bertz CT molecular complexity index is 139. The standard InChI is InChI=1S/C9H16O3/c1-11-6-2-4-8(10)9-5-3-7-12-9/h9H,2-7H2,1H3. The molecule has 0 aromatic carbocycles. The van der Waals surface area contributed by atoms with Crippen LogP contribution >= 0.6 is 0 Å². The van der Waals surface area contributed by atoms with Crippen molar-refractivity contribution in [3.8, 4) is 0 Å². The summed E-state index contributed by atoms with van der Waals surface area (Å²) in [7, 11) is 1.65. The van der Waals surface area contributed by atoms with Gasteiger partial charge in [-0.15, -0.1) is 0 Å². The van der Waals surface area contributed by atoms with E-state index in [0.29, 0.717) is 13.0 Å². The second-order valence-electron chi connectivity index (χ2n) is 3.06. The Labute approximate surface area is 73.0 Å². The van der Waals surface area contributed by atoms with Gasteiger partial charge in [-0.3, -0.25) is 4.79 Å². The van der Waals surface area contributed by atoms with Crippen molar-refractivity contribution in [3.63, 3.8) is 0 Å². The maximum absolute atomic E-state index is 11.3. The summed E-state index contributed by atoms with van der Waals surface area (Å²) in [5, 5.41) is 0. The van der Waals surface area contributed by atoms with Crippen LogP contribution in [0.2, 0.25) is 0 Å². The highest BCUT2D eigenvalue weighted by Crippen LogP contribution is 2.14. The summed E-state index contributed by atoms with van der Waals surface area (Å²) in [6.07, 6.45) is 3.24. The van der Waals surface area contributed by atoms with Crippen LogP contribution in [0, 0.1) is 0 Å². The van der Waals surface area contributed by atoms with Gasteiger partial charge in [0.25, 0.3) is 0 Å². The fourth-order valence-corrected chi connectivity index (χ4v) is 1.38.